The van der Waals surface area contributed by atoms with Crippen LogP contribution in [0.4, 0.5) is 0 Å². The van der Waals surface area contributed by atoms with Crippen molar-refractivity contribution in [2.75, 3.05) is 20.4 Å². The van der Waals surface area contributed by atoms with Crippen LogP contribution >= 0.6 is 0 Å². The van der Waals surface area contributed by atoms with Crippen molar-refractivity contribution in [2.24, 2.45) is 0 Å². The number of rotatable bonds is 2. The van der Waals surface area contributed by atoms with Crippen molar-refractivity contribution in [3.05, 3.63) is 55.9 Å². The van der Waals surface area contributed by atoms with E-state index in [-0.39, 0.29) is 51.5 Å². The van der Waals surface area contributed by atoms with Crippen LogP contribution in [-0.2, 0) is 43.9 Å². The number of benzene rings is 2. The van der Waals surface area contributed by atoms with Gasteiger partial charge in [-0.3, -0.25) is 0 Å². The van der Waals surface area contributed by atoms with Gasteiger partial charge in [0.25, 0.3) is 0 Å². The third-order valence-corrected chi connectivity index (χ3v) is 6.62. The molecule has 0 amide bonds. The molecule has 3 aliphatic rings. The van der Waals surface area contributed by atoms with Crippen molar-refractivity contribution in [3.63, 3.8) is 0 Å². The van der Waals surface area contributed by atoms with Gasteiger partial charge in [0.2, 0.25) is 6.79 Å². The summed E-state index contributed by atoms with van der Waals surface area (Å²) in [7, 11) is 1.60. The summed E-state index contributed by atoms with van der Waals surface area (Å²) >= 11 is 0. The number of fused-ring (bicyclic) bond motifs is 3. The zero-order valence-electron chi connectivity index (χ0n) is 17.9. The van der Waals surface area contributed by atoms with Gasteiger partial charge >= 0.3 is 5.97 Å². The SMILES string of the molecule is COc1c(C)c(C)c(C)c2c1C(=O)O[C@@H]2[C@@H]1[N-]CCc2cc3c(c(C)c21)OCO3.[Y]. The Morgan fingerprint density at radius 1 is 1.03 bits per heavy atom. The molecule has 7 heteroatoms. The predicted molar refractivity (Wildman–Crippen MR) is 107 cm³/mol. The van der Waals surface area contributed by atoms with Crippen LogP contribution in [0, 0.1) is 27.7 Å². The number of cyclic esters (lactones) is 1. The van der Waals surface area contributed by atoms with Crippen LogP contribution in [0.1, 0.15) is 61.4 Å². The van der Waals surface area contributed by atoms with Crippen molar-refractivity contribution >= 4 is 5.97 Å². The van der Waals surface area contributed by atoms with E-state index in [9.17, 15) is 4.79 Å². The summed E-state index contributed by atoms with van der Waals surface area (Å²) in [6, 6.07) is 1.78. The quantitative estimate of drug-likeness (QED) is 0.587. The van der Waals surface area contributed by atoms with Gasteiger partial charge in [0, 0.05) is 38.3 Å². The Kier molecular flexibility index (Phi) is 5.62. The van der Waals surface area contributed by atoms with Crippen LogP contribution in [0.2, 0.25) is 0 Å². The average molecular weight is 483 g/mol. The van der Waals surface area contributed by atoms with Crippen molar-refractivity contribution in [1.82, 2.24) is 0 Å². The summed E-state index contributed by atoms with van der Waals surface area (Å²) in [4.78, 5) is 12.9. The molecule has 2 atom stereocenters. The number of esters is 1. The Morgan fingerprint density at radius 3 is 2.53 bits per heavy atom. The van der Waals surface area contributed by atoms with E-state index in [0.29, 0.717) is 17.9 Å². The van der Waals surface area contributed by atoms with Gasteiger partial charge in [0.15, 0.2) is 11.5 Å². The van der Waals surface area contributed by atoms with Crippen LogP contribution in [0.3, 0.4) is 0 Å². The van der Waals surface area contributed by atoms with Gasteiger partial charge in [-0.05, 0) is 68.0 Å². The molecule has 2 aromatic carbocycles. The fourth-order valence-corrected chi connectivity index (χ4v) is 4.99. The van der Waals surface area contributed by atoms with Gasteiger partial charge in [-0.15, -0.1) is 6.54 Å². The molecule has 3 heterocycles. The molecular formula is C23H24NO5Y-. The predicted octanol–water partition coefficient (Wildman–Crippen LogP) is 4.54. The number of carbonyl (C=O) groups excluding carboxylic acids is 1. The molecule has 0 aromatic heterocycles. The van der Waals surface area contributed by atoms with Crippen molar-refractivity contribution in [1.29, 1.82) is 0 Å². The summed E-state index contributed by atoms with van der Waals surface area (Å²) in [5.74, 6) is 1.82. The maximum absolute atomic E-state index is 12.9. The van der Waals surface area contributed by atoms with Gasteiger partial charge in [0.1, 0.15) is 17.4 Å². The Hall–Kier alpha value is -1.63. The van der Waals surface area contributed by atoms with E-state index in [4.69, 9.17) is 24.3 Å². The molecular weight excluding hydrogens is 459 g/mol. The molecule has 0 aliphatic carbocycles. The minimum atomic E-state index is -0.469. The molecule has 3 aliphatic heterocycles. The molecule has 0 N–H and O–H groups in total. The van der Waals surface area contributed by atoms with E-state index in [1.807, 2.05) is 20.8 Å². The number of hydrogen-bond donors (Lipinski definition) is 0. The van der Waals surface area contributed by atoms with E-state index in [1.165, 1.54) is 5.56 Å². The van der Waals surface area contributed by atoms with Crippen LogP contribution in [0.5, 0.6) is 17.2 Å². The normalized spacial score (nSPS) is 20.9. The molecule has 6 nitrogen and oxygen atoms in total. The van der Waals surface area contributed by atoms with E-state index < -0.39 is 6.10 Å². The minimum absolute atomic E-state index is 0. The summed E-state index contributed by atoms with van der Waals surface area (Å²) in [5, 5.41) is 4.91. The summed E-state index contributed by atoms with van der Waals surface area (Å²) in [5.41, 5.74) is 7.88. The molecule has 0 unspecified atom stereocenters. The Morgan fingerprint density at radius 2 is 1.80 bits per heavy atom. The first-order chi connectivity index (χ1) is 13.9. The standard InChI is InChI=1S/C23H24NO5.Y/c1-10-11(2)17-18(21(26-5)12(10)3)23(25)29-22(17)19-16-13(4)20-15(27-9-28-20)8-14(16)6-7-24-19;/h8,19,22H,6-7,9H2,1-5H3;/q-1;/t19-,22+;/m1./s1. The molecule has 30 heavy (non-hydrogen) atoms. The molecule has 0 spiro atoms. The van der Waals surface area contributed by atoms with E-state index in [1.54, 1.807) is 7.11 Å². The van der Waals surface area contributed by atoms with Crippen molar-refractivity contribution in [3.8, 4) is 17.2 Å². The largest absolute Gasteiger partial charge is 0.652 e. The van der Waals surface area contributed by atoms with Gasteiger partial charge in [-0.2, -0.15) is 0 Å². The zero-order chi connectivity index (χ0) is 20.4. The first-order valence-corrected chi connectivity index (χ1v) is 9.91. The van der Waals surface area contributed by atoms with E-state index in [2.05, 4.69) is 13.0 Å². The topological polar surface area (TPSA) is 68.1 Å². The third kappa shape index (κ3) is 2.91. The van der Waals surface area contributed by atoms with Gasteiger partial charge in [-0.25, -0.2) is 4.79 Å². The van der Waals surface area contributed by atoms with E-state index >= 15 is 0 Å². The fraction of sp³-hybridized carbons (Fsp3) is 0.435. The zero-order valence-corrected chi connectivity index (χ0v) is 20.8. The second-order valence-corrected chi connectivity index (χ2v) is 7.93. The first-order valence-electron chi connectivity index (χ1n) is 9.91. The molecule has 2 aromatic rings. The second-order valence-electron chi connectivity index (χ2n) is 7.93. The summed E-state index contributed by atoms with van der Waals surface area (Å²) in [6.07, 6.45) is 0.371. The number of carbonyl (C=O) groups is 1. The Balaban J connectivity index is 0.00000218. The van der Waals surface area contributed by atoms with Crippen LogP contribution in [0.25, 0.3) is 5.32 Å². The molecule has 1 radical (unpaired) electrons. The number of nitrogens with zero attached hydrogens (tertiary/aromatic N) is 1. The van der Waals surface area contributed by atoms with Crippen LogP contribution in [-0.4, -0.2) is 26.4 Å². The van der Waals surface area contributed by atoms with Gasteiger partial charge in [0.05, 0.1) is 7.11 Å². The Labute approximate surface area is 201 Å². The third-order valence-electron chi connectivity index (χ3n) is 6.62. The summed E-state index contributed by atoms with van der Waals surface area (Å²) < 4.78 is 22.9. The first kappa shape index (κ1) is 21.6. The molecule has 5 rings (SSSR count). The molecule has 0 saturated heterocycles. The number of hydrogen-bond acceptors (Lipinski definition) is 5. The number of methoxy groups -OCH3 is 1. The van der Waals surface area contributed by atoms with Crippen LogP contribution in [0.15, 0.2) is 6.07 Å². The van der Waals surface area contributed by atoms with Crippen molar-refractivity contribution in [2.45, 2.75) is 46.3 Å². The smallest absolute Gasteiger partial charge is 0.342 e. The maximum atomic E-state index is 12.9. The van der Waals surface area contributed by atoms with Crippen molar-refractivity contribution < 1.29 is 56.5 Å². The molecule has 0 bridgehead atoms. The van der Waals surface area contributed by atoms with Crippen LogP contribution < -0.4 is 14.2 Å². The molecule has 155 valence electrons. The van der Waals surface area contributed by atoms with Gasteiger partial charge in [-0.1, -0.05) is 11.6 Å². The second kappa shape index (κ2) is 7.81. The number of ether oxygens (including phenoxy) is 4. The monoisotopic (exact) mass is 483 g/mol. The molecule has 0 fully saturated rings. The average Bonchev–Trinajstić information content (AvgIpc) is 3.31. The van der Waals surface area contributed by atoms with E-state index in [0.717, 1.165) is 51.3 Å². The summed E-state index contributed by atoms with van der Waals surface area (Å²) in [6.45, 7) is 9.03. The molecule has 0 saturated carbocycles. The van der Waals surface area contributed by atoms with Gasteiger partial charge < -0.3 is 24.3 Å². The maximum Gasteiger partial charge on any atom is 0.342 e. The Bertz CT molecular complexity index is 1060. The minimum Gasteiger partial charge on any atom is -0.652 e. The fourth-order valence-electron chi connectivity index (χ4n) is 4.99.